The Morgan fingerprint density at radius 2 is 2.28 bits per heavy atom. The number of benzene rings is 1. The molecule has 2 aromatic rings. The SMILES string of the molecule is COc1cccc(CN2CCc3nc([C@H]4CCCCN4)ncc3C2)c1. The van der Waals surface area contributed by atoms with Crippen LogP contribution >= 0.6 is 0 Å². The van der Waals surface area contributed by atoms with Gasteiger partial charge < -0.3 is 10.1 Å². The first-order valence-electron chi connectivity index (χ1n) is 9.25. The van der Waals surface area contributed by atoms with Crippen LogP contribution in [-0.2, 0) is 19.5 Å². The predicted octanol–water partition coefficient (Wildman–Crippen LogP) is 2.86. The summed E-state index contributed by atoms with van der Waals surface area (Å²) < 4.78 is 5.33. The van der Waals surface area contributed by atoms with E-state index in [0.717, 1.165) is 50.6 Å². The third kappa shape index (κ3) is 3.83. The van der Waals surface area contributed by atoms with E-state index < -0.39 is 0 Å². The maximum Gasteiger partial charge on any atom is 0.145 e. The second kappa shape index (κ2) is 7.50. The van der Waals surface area contributed by atoms with Gasteiger partial charge in [-0.05, 0) is 37.1 Å². The number of hydrogen-bond acceptors (Lipinski definition) is 5. The van der Waals surface area contributed by atoms with Gasteiger partial charge in [0.15, 0.2) is 0 Å². The summed E-state index contributed by atoms with van der Waals surface area (Å²) in [5.41, 5.74) is 3.79. The summed E-state index contributed by atoms with van der Waals surface area (Å²) in [6, 6.07) is 8.66. The highest BCUT2D eigenvalue weighted by atomic mass is 16.5. The minimum Gasteiger partial charge on any atom is -0.497 e. The molecule has 0 aliphatic carbocycles. The van der Waals surface area contributed by atoms with Gasteiger partial charge in [0.05, 0.1) is 13.2 Å². The normalized spacial score (nSPS) is 20.9. The molecule has 0 spiro atoms. The van der Waals surface area contributed by atoms with Crippen molar-refractivity contribution in [3.05, 3.63) is 53.1 Å². The molecule has 0 radical (unpaired) electrons. The van der Waals surface area contributed by atoms with Crippen LogP contribution in [0.2, 0.25) is 0 Å². The Balaban J connectivity index is 1.44. The molecule has 0 amide bonds. The molecule has 1 fully saturated rings. The molecule has 25 heavy (non-hydrogen) atoms. The van der Waals surface area contributed by atoms with Gasteiger partial charge in [0.25, 0.3) is 0 Å². The molecule has 5 heteroatoms. The average molecular weight is 338 g/mol. The molecule has 1 saturated heterocycles. The minimum atomic E-state index is 0.342. The van der Waals surface area contributed by atoms with Crippen molar-refractivity contribution in [2.24, 2.45) is 0 Å². The molecule has 5 nitrogen and oxygen atoms in total. The lowest BCUT2D eigenvalue weighted by Crippen LogP contribution is -2.33. The fourth-order valence-corrected chi connectivity index (χ4v) is 3.79. The van der Waals surface area contributed by atoms with E-state index in [1.54, 1.807) is 7.11 Å². The number of aromatic nitrogens is 2. The molecule has 0 bridgehead atoms. The van der Waals surface area contributed by atoms with Crippen LogP contribution in [0.1, 0.15) is 47.9 Å². The van der Waals surface area contributed by atoms with E-state index >= 15 is 0 Å². The van der Waals surface area contributed by atoms with Crippen molar-refractivity contribution in [1.29, 1.82) is 0 Å². The van der Waals surface area contributed by atoms with Crippen LogP contribution in [0.5, 0.6) is 5.75 Å². The van der Waals surface area contributed by atoms with E-state index in [9.17, 15) is 0 Å². The summed E-state index contributed by atoms with van der Waals surface area (Å²) in [5, 5.41) is 3.55. The lowest BCUT2D eigenvalue weighted by atomic mass is 10.0. The third-order valence-corrected chi connectivity index (χ3v) is 5.19. The average Bonchev–Trinajstić information content (AvgIpc) is 2.68. The monoisotopic (exact) mass is 338 g/mol. The molecule has 1 aromatic carbocycles. The topological polar surface area (TPSA) is 50.3 Å². The number of methoxy groups -OCH3 is 1. The number of nitrogens with one attached hydrogen (secondary N) is 1. The van der Waals surface area contributed by atoms with Crippen LogP contribution in [0.15, 0.2) is 30.5 Å². The van der Waals surface area contributed by atoms with E-state index in [0.29, 0.717) is 6.04 Å². The van der Waals surface area contributed by atoms with Gasteiger partial charge >= 0.3 is 0 Å². The van der Waals surface area contributed by atoms with Gasteiger partial charge in [0.1, 0.15) is 11.6 Å². The molecule has 1 atom stereocenters. The number of ether oxygens (including phenoxy) is 1. The largest absolute Gasteiger partial charge is 0.497 e. The van der Waals surface area contributed by atoms with Gasteiger partial charge in [-0.2, -0.15) is 0 Å². The van der Waals surface area contributed by atoms with Crippen molar-refractivity contribution in [3.63, 3.8) is 0 Å². The zero-order chi connectivity index (χ0) is 17.1. The molecule has 0 saturated carbocycles. The van der Waals surface area contributed by atoms with Crippen LogP contribution in [-0.4, -0.2) is 35.1 Å². The molecule has 1 aromatic heterocycles. The Morgan fingerprint density at radius 1 is 1.32 bits per heavy atom. The van der Waals surface area contributed by atoms with Crippen LogP contribution in [0.4, 0.5) is 0 Å². The van der Waals surface area contributed by atoms with Crippen molar-refractivity contribution in [1.82, 2.24) is 20.2 Å². The number of hydrogen-bond donors (Lipinski definition) is 1. The van der Waals surface area contributed by atoms with Crippen LogP contribution in [0.3, 0.4) is 0 Å². The maximum absolute atomic E-state index is 5.33. The van der Waals surface area contributed by atoms with Crippen molar-refractivity contribution in [2.75, 3.05) is 20.2 Å². The van der Waals surface area contributed by atoms with Gasteiger partial charge in [-0.25, -0.2) is 9.97 Å². The fraction of sp³-hybridized carbons (Fsp3) is 0.500. The van der Waals surface area contributed by atoms with Crippen LogP contribution < -0.4 is 10.1 Å². The smallest absolute Gasteiger partial charge is 0.145 e. The first kappa shape index (κ1) is 16.5. The lowest BCUT2D eigenvalue weighted by molar-refractivity contribution is 0.241. The Hall–Kier alpha value is -1.98. The Kier molecular flexibility index (Phi) is 4.95. The van der Waals surface area contributed by atoms with Crippen molar-refractivity contribution in [2.45, 2.75) is 44.8 Å². The quantitative estimate of drug-likeness (QED) is 0.929. The molecule has 4 rings (SSSR count). The zero-order valence-electron chi connectivity index (χ0n) is 14.9. The van der Waals surface area contributed by atoms with Gasteiger partial charge in [0, 0.05) is 43.5 Å². The summed E-state index contributed by atoms with van der Waals surface area (Å²) in [6.45, 7) is 3.98. The van der Waals surface area contributed by atoms with Gasteiger partial charge in [-0.3, -0.25) is 4.90 Å². The van der Waals surface area contributed by atoms with Gasteiger partial charge in [-0.1, -0.05) is 18.6 Å². The number of nitrogens with zero attached hydrogens (tertiary/aromatic N) is 3. The summed E-state index contributed by atoms with van der Waals surface area (Å²) in [6.07, 6.45) is 6.74. The van der Waals surface area contributed by atoms with E-state index in [2.05, 4.69) is 33.4 Å². The summed E-state index contributed by atoms with van der Waals surface area (Å²) in [5.74, 6) is 1.91. The molecular weight excluding hydrogens is 312 g/mol. The Labute approximate surface area is 149 Å². The number of fused-ring (bicyclic) bond motifs is 1. The zero-order valence-corrected chi connectivity index (χ0v) is 14.9. The second-order valence-corrected chi connectivity index (χ2v) is 7.01. The lowest BCUT2D eigenvalue weighted by Gasteiger charge is -2.29. The molecule has 0 unspecified atom stereocenters. The molecule has 2 aliphatic rings. The summed E-state index contributed by atoms with van der Waals surface area (Å²) in [7, 11) is 1.71. The van der Waals surface area contributed by atoms with Crippen molar-refractivity contribution >= 4 is 0 Å². The standard InChI is InChI=1S/C20H26N4O/c1-25-17-6-4-5-15(11-17)13-24-10-8-18-16(14-24)12-22-20(23-18)19-7-2-3-9-21-19/h4-6,11-12,19,21H,2-3,7-10,13-14H2,1H3/t19-/m1/s1. The van der Waals surface area contributed by atoms with Crippen molar-refractivity contribution in [3.8, 4) is 5.75 Å². The van der Waals surface area contributed by atoms with Crippen LogP contribution in [0, 0.1) is 0 Å². The minimum absolute atomic E-state index is 0.342. The highest BCUT2D eigenvalue weighted by Gasteiger charge is 2.22. The van der Waals surface area contributed by atoms with Gasteiger partial charge in [0.2, 0.25) is 0 Å². The summed E-state index contributed by atoms with van der Waals surface area (Å²) >= 11 is 0. The summed E-state index contributed by atoms with van der Waals surface area (Å²) in [4.78, 5) is 12.0. The van der Waals surface area contributed by atoms with Gasteiger partial charge in [-0.15, -0.1) is 0 Å². The molecule has 3 heterocycles. The second-order valence-electron chi connectivity index (χ2n) is 7.01. The van der Waals surface area contributed by atoms with Crippen LogP contribution in [0.25, 0.3) is 0 Å². The Bertz CT molecular complexity index is 727. The van der Waals surface area contributed by atoms with E-state index in [-0.39, 0.29) is 0 Å². The maximum atomic E-state index is 5.33. The highest BCUT2D eigenvalue weighted by molar-refractivity contribution is 5.29. The molecule has 2 aliphatic heterocycles. The first-order chi connectivity index (χ1) is 12.3. The predicted molar refractivity (Wildman–Crippen MR) is 97.4 cm³/mol. The fourth-order valence-electron chi connectivity index (χ4n) is 3.79. The van der Waals surface area contributed by atoms with E-state index in [1.165, 1.54) is 29.7 Å². The molecule has 1 N–H and O–H groups in total. The van der Waals surface area contributed by atoms with E-state index in [1.807, 2.05) is 12.3 Å². The molecular formula is C20H26N4O. The molecule has 132 valence electrons. The third-order valence-electron chi connectivity index (χ3n) is 5.19. The number of piperidine rings is 1. The Morgan fingerprint density at radius 3 is 3.12 bits per heavy atom. The number of rotatable bonds is 4. The van der Waals surface area contributed by atoms with E-state index in [4.69, 9.17) is 9.72 Å². The van der Waals surface area contributed by atoms with Crippen molar-refractivity contribution < 1.29 is 4.74 Å². The highest BCUT2D eigenvalue weighted by Crippen LogP contribution is 2.24. The first-order valence-corrected chi connectivity index (χ1v) is 9.25.